The number of carbonyl (C=O) groups excluding carboxylic acids is 1. The van der Waals surface area contributed by atoms with Gasteiger partial charge in [0.1, 0.15) is 0 Å². The van der Waals surface area contributed by atoms with Crippen LogP contribution in [-0.2, 0) is 16.8 Å². The lowest BCUT2D eigenvalue weighted by Crippen LogP contribution is -2.65. The second-order valence-corrected chi connectivity index (χ2v) is 6.82. The van der Waals surface area contributed by atoms with Crippen molar-refractivity contribution >= 4 is 5.91 Å². The van der Waals surface area contributed by atoms with Gasteiger partial charge in [-0.1, -0.05) is 5.92 Å². The van der Waals surface area contributed by atoms with Crippen LogP contribution in [0.4, 0.5) is 13.2 Å². The fourth-order valence-corrected chi connectivity index (χ4v) is 2.83. The molecule has 2 aromatic rings. The van der Waals surface area contributed by atoms with E-state index in [1.165, 1.54) is 0 Å². The van der Waals surface area contributed by atoms with Crippen LogP contribution in [0.2, 0.25) is 0 Å². The summed E-state index contributed by atoms with van der Waals surface area (Å²) in [6, 6.07) is 3.37. The summed E-state index contributed by atoms with van der Waals surface area (Å²) >= 11 is 0. The second kappa shape index (κ2) is 7.72. The predicted octanol–water partition coefficient (Wildman–Crippen LogP) is -3.53. The maximum atomic E-state index is 12.7. The highest BCUT2D eigenvalue weighted by Gasteiger charge is 2.77. The SMILES string of the molecule is NC(=O)c1nc(C#Cc2ccc(C(F)(F)F)cc2)n([C@]2(O)O[C@H](C(O)O)C(O)(O)C2(O)O)n1. The molecule has 0 bridgehead atoms. The highest BCUT2D eigenvalue weighted by Crippen LogP contribution is 2.46. The van der Waals surface area contributed by atoms with Gasteiger partial charge in [-0.05, 0) is 30.2 Å². The molecule has 0 spiro atoms. The number of hydrogen-bond acceptors (Lipinski definition) is 11. The van der Waals surface area contributed by atoms with Gasteiger partial charge in [-0.2, -0.15) is 22.8 Å². The first-order valence-corrected chi connectivity index (χ1v) is 8.65. The van der Waals surface area contributed by atoms with Crippen LogP contribution in [-0.4, -0.2) is 80.4 Å². The first-order chi connectivity index (χ1) is 15.0. The lowest BCUT2D eigenvalue weighted by atomic mass is 10.0. The fraction of sp³-hybridized carbons (Fsp3) is 0.353. The van der Waals surface area contributed by atoms with E-state index >= 15 is 0 Å². The van der Waals surface area contributed by atoms with Crippen molar-refractivity contribution in [1.29, 1.82) is 0 Å². The minimum absolute atomic E-state index is 0.00620. The molecule has 2 heterocycles. The summed E-state index contributed by atoms with van der Waals surface area (Å²) in [5.41, 5.74) is 4.04. The molecule has 1 fully saturated rings. The lowest BCUT2D eigenvalue weighted by Gasteiger charge is -2.35. The normalized spacial score (nSPS) is 23.9. The van der Waals surface area contributed by atoms with E-state index in [0.29, 0.717) is 12.1 Å². The van der Waals surface area contributed by atoms with E-state index in [0.717, 1.165) is 12.1 Å². The monoisotopic (exact) mass is 476 g/mol. The first kappa shape index (κ1) is 24.5. The molecule has 1 saturated heterocycles. The number of aromatic nitrogens is 3. The van der Waals surface area contributed by atoms with Crippen LogP contribution in [0.5, 0.6) is 0 Å². The number of nitrogens with zero attached hydrogens (tertiary/aromatic N) is 3. The Hall–Kier alpha value is -3.14. The summed E-state index contributed by atoms with van der Waals surface area (Å²) in [4.78, 5) is 15.0. The van der Waals surface area contributed by atoms with Crippen LogP contribution in [0, 0.1) is 11.8 Å². The Kier molecular flexibility index (Phi) is 5.73. The summed E-state index contributed by atoms with van der Waals surface area (Å²) in [7, 11) is 0. The van der Waals surface area contributed by atoms with E-state index in [2.05, 4.69) is 26.7 Å². The van der Waals surface area contributed by atoms with Crippen molar-refractivity contribution in [1.82, 2.24) is 14.8 Å². The number of nitrogens with two attached hydrogens (primary N) is 1. The predicted molar refractivity (Wildman–Crippen MR) is 93.6 cm³/mol. The molecule has 1 aliphatic heterocycles. The maximum Gasteiger partial charge on any atom is 0.416 e. The van der Waals surface area contributed by atoms with E-state index < -0.39 is 59.2 Å². The van der Waals surface area contributed by atoms with Crippen molar-refractivity contribution in [3.63, 3.8) is 0 Å². The summed E-state index contributed by atoms with van der Waals surface area (Å²) in [6.07, 6.45) is -10.0. The summed E-state index contributed by atoms with van der Waals surface area (Å²) < 4.78 is 42.7. The summed E-state index contributed by atoms with van der Waals surface area (Å²) in [5.74, 6) is -10.3. The number of primary amides is 1. The van der Waals surface area contributed by atoms with Crippen molar-refractivity contribution in [3.8, 4) is 11.8 Å². The molecular formula is C17H15F3N4O9. The lowest BCUT2D eigenvalue weighted by molar-refractivity contribution is -0.427. The summed E-state index contributed by atoms with van der Waals surface area (Å²) in [6.45, 7) is 0. The Morgan fingerprint density at radius 1 is 1.12 bits per heavy atom. The Labute approximate surface area is 180 Å². The Morgan fingerprint density at radius 3 is 2.15 bits per heavy atom. The number of aliphatic hydroxyl groups is 7. The Balaban J connectivity index is 2.11. The number of carbonyl (C=O) groups is 1. The van der Waals surface area contributed by atoms with E-state index in [-0.39, 0.29) is 10.2 Å². The van der Waals surface area contributed by atoms with E-state index in [1.54, 1.807) is 0 Å². The maximum absolute atomic E-state index is 12.7. The Bertz CT molecular complexity index is 1140. The number of alkyl halides is 3. The molecule has 0 radical (unpaired) electrons. The molecule has 3 rings (SSSR count). The van der Waals surface area contributed by atoms with E-state index in [9.17, 15) is 53.7 Å². The number of aliphatic hydroxyl groups excluding tert-OH is 1. The fourth-order valence-electron chi connectivity index (χ4n) is 2.83. The summed E-state index contributed by atoms with van der Waals surface area (Å²) in [5, 5.41) is 72.8. The average molecular weight is 476 g/mol. The van der Waals surface area contributed by atoms with Crippen LogP contribution in [0.25, 0.3) is 0 Å². The van der Waals surface area contributed by atoms with Gasteiger partial charge in [0.15, 0.2) is 12.4 Å². The van der Waals surface area contributed by atoms with Gasteiger partial charge >= 0.3 is 17.9 Å². The molecule has 178 valence electrons. The van der Waals surface area contributed by atoms with Crippen LogP contribution in [0.3, 0.4) is 0 Å². The topological polar surface area (TPSA) is 225 Å². The highest BCUT2D eigenvalue weighted by molar-refractivity contribution is 5.88. The molecule has 0 aliphatic carbocycles. The van der Waals surface area contributed by atoms with Crippen LogP contribution < -0.4 is 5.73 Å². The molecule has 16 heteroatoms. The minimum Gasteiger partial charge on any atom is -0.366 e. The van der Waals surface area contributed by atoms with Crippen molar-refractivity contribution in [3.05, 3.63) is 47.0 Å². The van der Waals surface area contributed by atoms with Crippen LogP contribution in [0.1, 0.15) is 27.6 Å². The third kappa shape index (κ3) is 3.92. The number of benzene rings is 1. The van der Waals surface area contributed by atoms with Crippen LogP contribution in [0.15, 0.2) is 24.3 Å². The van der Waals surface area contributed by atoms with Crippen molar-refractivity contribution in [2.75, 3.05) is 0 Å². The standard InChI is InChI=1S/C17H15F3N4O9/c18-15(19,20)8-4-1-7(2-5-8)3-6-9-22-12(11(21)25)23-24(9)17(32)16(30,31)14(28,29)10(33-17)13(26)27/h1-2,4-5,10,13,26-32H,(H2,21,25)/t10-,17-/m1/s1. The third-order valence-corrected chi connectivity index (χ3v) is 4.57. The molecule has 0 unspecified atom stereocenters. The molecule has 1 amide bonds. The van der Waals surface area contributed by atoms with Gasteiger partial charge in [0.2, 0.25) is 11.6 Å². The number of amides is 1. The second-order valence-electron chi connectivity index (χ2n) is 6.82. The van der Waals surface area contributed by atoms with Crippen molar-refractivity contribution in [2.45, 2.75) is 36.1 Å². The van der Waals surface area contributed by atoms with E-state index in [4.69, 9.17) is 5.73 Å². The molecule has 2 atom stereocenters. The average Bonchev–Trinajstić information content (AvgIpc) is 3.19. The van der Waals surface area contributed by atoms with Gasteiger partial charge in [0, 0.05) is 5.56 Å². The molecule has 13 nitrogen and oxygen atoms in total. The first-order valence-electron chi connectivity index (χ1n) is 8.65. The van der Waals surface area contributed by atoms with Gasteiger partial charge in [-0.15, -0.1) is 5.10 Å². The number of halogens is 3. The van der Waals surface area contributed by atoms with Gasteiger partial charge in [-0.25, -0.2) is 0 Å². The van der Waals surface area contributed by atoms with Gasteiger partial charge < -0.3 is 46.2 Å². The minimum atomic E-state index is -4.61. The smallest absolute Gasteiger partial charge is 0.366 e. The highest BCUT2D eigenvalue weighted by atomic mass is 19.4. The third-order valence-electron chi connectivity index (χ3n) is 4.57. The van der Waals surface area contributed by atoms with Crippen molar-refractivity contribution in [2.24, 2.45) is 5.73 Å². The van der Waals surface area contributed by atoms with E-state index in [1.807, 2.05) is 0 Å². The van der Waals surface area contributed by atoms with Crippen molar-refractivity contribution < 1.29 is 58.4 Å². The molecule has 33 heavy (non-hydrogen) atoms. The molecule has 1 aromatic carbocycles. The molecular weight excluding hydrogens is 461 g/mol. The molecule has 1 aromatic heterocycles. The number of hydrogen-bond donors (Lipinski definition) is 8. The zero-order valence-electron chi connectivity index (χ0n) is 16.0. The van der Waals surface area contributed by atoms with Crippen LogP contribution >= 0.6 is 0 Å². The zero-order chi connectivity index (χ0) is 25.0. The Morgan fingerprint density at radius 2 is 1.70 bits per heavy atom. The molecule has 0 saturated carbocycles. The molecule has 1 aliphatic rings. The molecule has 9 N–H and O–H groups in total. The number of ether oxygens (including phenoxy) is 1. The number of rotatable bonds is 3. The van der Waals surface area contributed by atoms with Gasteiger partial charge in [-0.3, -0.25) is 4.79 Å². The van der Waals surface area contributed by atoms with Gasteiger partial charge in [0.05, 0.1) is 5.56 Å². The quantitative estimate of drug-likeness (QED) is 0.160. The zero-order valence-corrected chi connectivity index (χ0v) is 16.0. The van der Waals surface area contributed by atoms with Gasteiger partial charge in [0.25, 0.3) is 11.7 Å². The largest absolute Gasteiger partial charge is 0.416 e.